The van der Waals surface area contributed by atoms with E-state index in [-0.39, 0.29) is 23.4 Å². The number of carbonyl (C=O) groups excluding carboxylic acids is 2. The van der Waals surface area contributed by atoms with Crippen molar-refractivity contribution in [2.24, 2.45) is 0 Å². The Morgan fingerprint density at radius 3 is 2.70 bits per heavy atom. The van der Waals surface area contributed by atoms with Crippen LogP contribution in [0.5, 0.6) is 0 Å². The van der Waals surface area contributed by atoms with Gasteiger partial charge in [-0.3, -0.25) is 0 Å². The molecule has 0 N–H and O–H groups in total. The van der Waals surface area contributed by atoms with Crippen molar-refractivity contribution in [3.05, 3.63) is 28.0 Å². The quantitative estimate of drug-likeness (QED) is 0.611. The molecule has 7 heteroatoms. The molecule has 0 radical (unpaired) electrons. The first-order valence-corrected chi connectivity index (χ1v) is 7.92. The van der Waals surface area contributed by atoms with E-state index in [1.54, 1.807) is 17.9 Å². The van der Waals surface area contributed by atoms with E-state index in [9.17, 15) is 9.59 Å². The summed E-state index contributed by atoms with van der Waals surface area (Å²) in [6.07, 6.45) is 0.188. The van der Waals surface area contributed by atoms with Gasteiger partial charge in [-0.2, -0.15) is 0 Å². The Labute approximate surface area is 140 Å². The van der Waals surface area contributed by atoms with Gasteiger partial charge >= 0.3 is 12.1 Å². The minimum Gasteiger partial charge on any atom is -0.462 e. The van der Waals surface area contributed by atoms with Crippen LogP contribution in [0.1, 0.15) is 49.3 Å². The number of aromatic nitrogens is 1. The van der Waals surface area contributed by atoms with E-state index < -0.39 is 11.6 Å². The van der Waals surface area contributed by atoms with Crippen molar-refractivity contribution >= 4 is 23.7 Å². The molecule has 0 fully saturated rings. The van der Waals surface area contributed by atoms with Gasteiger partial charge in [-0.05, 0) is 39.3 Å². The molecule has 2 rings (SSSR count). The Bertz CT molecular complexity index is 625. The van der Waals surface area contributed by atoms with Crippen LogP contribution in [0.15, 0.2) is 6.07 Å². The third-order valence-electron chi connectivity index (χ3n) is 3.27. The van der Waals surface area contributed by atoms with Gasteiger partial charge in [0.25, 0.3) is 0 Å². The summed E-state index contributed by atoms with van der Waals surface area (Å²) in [6, 6.07) is 1.65. The molecule has 0 atom stereocenters. The van der Waals surface area contributed by atoms with Crippen LogP contribution in [0.3, 0.4) is 0 Å². The van der Waals surface area contributed by atoms with Gasteiger partial charge in [0.2, 0.25) is 0 Å². The largest absolute Gasteiger partial charge is 0.462 e. The van der Waals surface area contributed by atoms with Crippen molar-refractivity contribution in [1.82, 2.24) is 9.88 Å². The molecular formula is C16H21ClN2O4. The number of pyridine rings is 1. The summed E-state index contributed by atoms with van der Waals surface area (Å²) in [5.74, 6) is -0.512. The zero-order valence-electron chi connectivity index (χ0n) is 13.8. The SMILES string of the molecule is CCOC(=O)c1cc2c(nc1Cl)CCN(C(=O)OC(C)(C)C)C2. The highest BCUT2D eigenvalue weighted by atomic mass is 35.5. The minimum absolute atomic E-state index is 0.132. The predicted octanol–water partition coefficient (Wildman–Crippen LogP) is 3.20. The van der Waals surface area contributed by atoms with Gasteiger partial charge in [0.15, 0.2) is 0 Å². The Morgan fingerprint density at radius 1 is 1.39 bits per heavy atom. The summed E-state index contributed by atoms with van der Waals surface area (Å²) in [7, 11) is 0. The van der Waals surface area contributed by atoms with Crippen LogP contribution in [0.25, 0.3) is 0 Å². The first-order valence-electron chi connectivity index (χ1n) is 7.54. The van der Waals surface area contributed by atoms with Gasteiger partial charge in [-0.15, -0.1) is 0 Å². The van der Waals surface area contributed by atoms with Gasteiger partial charge in [0.05, 0.1) is 18.7 Å². The topological polar surface area (TPSA) is 68.7 Å². The number of ether oxygens (including phenoxy) is 2. The van der Waals surface area contributed by atoms with Crippen LogP contribution in [-0.2, 0) is 22.4 Å². The summed E-state index contributed by atoms with van der Waals surface area (Å²) in [6.45, 7) is 8.29. The predicted molar refractivity (Wildman–Crippen MR) is 85.6 cm³/mol. The molecule has 0 unspecified atom stereocenters. The summed E-state index contributed by atoms with van der Waals surface area (Å²) in [4.78, 5) is 29.9. The first kappa shape index (κ1) is 17.5. The van der Waals surface area contributed by atoms with E-state index in [1.165, 1.54) is 0 Å². The lowest BCUT2D eigenvalue weighted by Gasteiger charge is -2.31. The Balaban J connectivity index is 2.21. The molecule has 0 aromatic carbocycles. The van der Waals surface area contributed by atoms with Crippen LogP contribution < -0.4 is 0 Å². The minimum atomic E-state index is -0.550. The highest BCUT2D eigenvalue weighted by Gasteiger charge is 2.28. The van der Waals surface area contributed by atoms with Gasteiger partial charge in [0, 0.05) is 18.7 Å². The Kier molecular flexibility index (Phi) is 5.14. The van der Waals surface area contributed by atoms with Gasteiger partial charge in [-0.1, -0.05) is 11.6 Å². The number of carbonyl (C=O) groups is 2. The van der Waals surface area contributed by atoms with E-state index in [0.29, 0.717) is 19.5 Å². The number of fused-ring (bicyclic) bond motifs is 1. The smallest absolute Gasteiger partial charge is 0.410 e. The van der Waals surface area contributed by atoms with Gasteiger partial charge in [0.1, 0.15) is 10.8 Å². The first-order chi connectivity index (χ1) is 10.7. The standard InChI is InChI=1S/C16H21ClN2O4/c1-5-22-14(20)11-8-10-9-19(15(21)23-16(2,3)4)7-6-12(10)18-13(11)17/h8H,5-7,9H2,1-4H3. The second-order valence-electron chi connectivity index (χ2n) is 6.30. The molecule has 0 spiro atoms. The number of hydrogen-bond donors (Lipinski definition) is 0. The van der Waals surface area contributed by atoms with Gasteiger partial charge in [-0.25, -0.2) is 14.6 Å². The summed E-state index contributed by atoms with van der Waals surface area (Å²) < 4.78 is 10.4. The maximum Gasteiger partial charge on any atom is 0.410 e. The number of halogens is 1. The molecule has 0 aliphatic carbocycles. The van der Waals surface area contributed by atoms with E-state index >= 15 is 0 Å². The summed E-state index contributed by atoms with van der Waals surface area (Å²) >= 11 is 6.06. The second kappa shape index (κ2) is 6.74. The average Bonchev–Trinajstić information content (AvgIpc) is 2.44. The molecule has 126 valence electrons. The second-order valence-corrected chi connectivity index (χ2v) is 6.66. The molecular weight excluding hydrogens is 320 g/mol. The Morgan fingerprint density at radius 2 is 2.09 bits per heavy atom. The van der Waals surface area contributed by atoms with Crippen molar-refractivity contribution in [3.8, 4) is 0 Å². The Hall–Kier alpha value is -1.82. The molecule has 1 aliphatic rings. The zero-order valence-corrected chi connectivity index (χ0v) is 14.6. The van der Waals surface area contributed by atoms with Crippen molar-refractivity contribution < 1.29 is 19.1 Å². The van der Waals surface area contributed by atoms with E-state index in [2.05, 4.69) is 4.98 Å². The van der Waals surface area contributed by atoms with Crippen LogP contribution in [0.2, 0.25) is 5.15 Å². The fraction of sp³-hybridized carbons (Fsp3) is 0.562. The van der Waals surface area contributed by atoms with Crippen LogP contribution >= 0.6 is 11.6 Å². The fourth-order valence-corrected chi connectivity index (χ4v) is 2.51. The fourth-order valence-electron chi connectivity index (χ4n) is 2.28. The third kappa shape index (κ3) is 4.34. The maximum atomic E-state index is 12.2. The number of rotatable bonds is 2. The van der Waals surface area contributed by atoms with Crippen molar-refractivity contribution in [1.29, 1.82) is 0 Å². The highest BCUT2D eigenvalue weighted by molar-refractivity contribution is 6.32. The highest BCUT2D eigenvalue weighted by Crippen LogP contribution is 2.25. The zero-order chi connectivity index (χ0) is 17.2. The normalized spacial score (nSPS) is 14.2. The van der Waals surface area contributed by atoms with Crippen molar-refractivity contribution in [2.45, 2.75) is 46.3 Å². The molecule has 0 saturated carbocycles. The molecule has 1 aromatic rings. The number of hydrogen-bond acceptors (Lipinski definition) is 5. The lowest BCUT2D eigenvalue weighted by molar-refractivity contribution is 0.0223. The summed E-state index contributed by atoms with van der Waals surface area (Å²) in [5, 5.41) is 0.132. The molecule has 1 aliphatic heterocycles. The molecule has 0 bridgehead atoms. The molecule has 0 saturated heterocycles. The number of amides is 1. The van der Waals surface area contributed by atoms with E-state index in [1.807, 2.05) is 20.8 Å². The monoisotopic (exact) mass is 340 g/mol. The van der Waals surface area contributed by atoms with Crippen LogP contribution in [0.4, 0.5) is 4.79 Å². The molecule has 23 heavy (non-hydrogen) atoms. The van der Waals surface area contributed by atoms with Gasteiger partial charge < -0.3 is 14.4 Å². The number of esters is 1. The van der Waals surface area contributed by atoms with Crippen molar-refractivity contribution in [2.75, 3.05) is 13.2 Å². The molecule has 6 nitrogen and oxygen atoms in total. The van der Waals surface area contributed by atoms with Crippen molar-refractivity contribution in [3.63, 3.8) is 0 Å². The van der Waals surface area contributed by atoms with Crippen LogP contribution in [0, 0.1) is 0 Å². The lowest BCUT2D eigenvalue weighted by atomic mass is 10.0. The van der Waals surface area contributed by atoms with Crippen LogP contribution in [-0.4, -0.2) is 40.7 Å². The average molecular weight is 341 g/mol. The maximum absolute atomic E-state index is 12.2. The number of nitrogens with zero attached hydrogens (tertiary/aromatic N) is 2. The van der Waals surface area contributed by atoms with E-state index in [0.717, 1.165) is 11.3 Å². The summed E-state index contributed by atoms with van der Waals surface area (Å²) in [5.41, 5.74) is 1.25. The van der Waals surface area contributed by atoms with E-state index in [4.69, 9.17) is 21.1 Å². The lowest BCUT2D eigenvalue weighted by Crippen LogP contribution is -2.40. The molecule has 1 aromatic heterocycles. The molecule has 2 heterocycles. The molecule has 1 amide bonds. The third-order valence-corrected chi connectivity index (χ3v) is 3.56.